The molecule has 1 fully saturated rings. The van der Waals surface area contributed by atoms with E-state index >= 15 is 0 Å². The lowest BCUT2D eigenvalue weighted by Crippen LogP contribution is -2.81. The predicted octanol–water partition coefficient (Wildman–Crippen LogP) is 5.06. The highest BCUT2D eigenvalue weighted by atomic mass is 19.4. The Labute approximate surface area is 120 Å². The average Bonchev–Trinajstić information content (AvgIpc) is 2.30. The van der Waals surface area contributed by atoms with Crippen LogP contribution in [0.15, 0.2) is 11.8 Å². The summed E-state index contributed by atoms with van der Waals surface area (Å²) >= 11 is 0. The fourth-order valence-corrected chi connectivity index (χ4v) is 1.63. The zero-order valence-corrected chi connectivity index (χ0v) is 10.1. The van der Waals surface area contributed by atoms with E-state index in [-0.39, 0.29) is 0 Å². The van der Waals surface area contributed by atoms with Crippen molar-refractivity contribution < 1.29 is 65.9 Å². The predicted molar refractivity (Wildman–Crippen MR) is 41.9 cm³/mol. The third-order valence-electron chi connectivity index (χ3n) is 2.78. The second-order valence-corrected chi connectivity index (χ2v) is 4.25. The first kappa shape index (κ1) is 20.5. The van der Waals surface area contributed by atoms with Crippen molar-refractivity contribution in [1.82, 2.24) is 4.90 Å². The van der Waals surface area contributed by atoms with Crippen molar-refractivity contribution >= 4 is 0 Å². The van der Waals surface area contributed by atoms with Crippen LogP contribution in [0.25, 0.3) is 0 Å². The number of nitrogens with zero attached hydrogens (tertiary/aromatic N) is 1. The summed E-state index contributed by atoms with van der Waals surface area (Å²) in [6, 6.07) is -14.9. The van der Waals surface area contributed by atoms with Gasteiger partial charge in [0.2, 0.25) is 0 Å². The van der Waals surface area contributed by atoms with Crippen molar-refractivity contribution in [2.75, 3.05) is 0 Å². The third kappa shape index (κ3) is 2.13. The topological polar surface area (TPSA) is 3.24 Å². The van der Waals surface area contributed by atoms with Crippen LogP contribution in [0, 0.1) is 0 Å². The Morgan fingerprint density at radius 1 is 0.583 bits per heavy atom. The fraction of sp³-hybridized carbons (Fsp3) is 0.750. The molecule has 1 nitrogen and oxygen atoms in total. The monoisotopic (exact) mass is 395 g/mol. The number of halogens is 15. The van der Waals surface area contributed by atoms with Gasteiger partial charge in [-0.1, -0.05) is 0 Å². The molecule has 142 valence electrons. The lowest BCUT2D eigenvalue weighted by Gasteiger charge is -2.52. The zero-order chi connectivity index (χ0) is 19.7. The van der Waals surface area contributed by atoms with Crippen molar-refractivity contribution in [3.63, 3.8) is 0 Å². The van der Waals surface area contributed by atoms with E-state index in [1.165, 1.54) is 0 Å². The van der Waals surface area contributed by atoms with Crippen LogP contribution in [0.5, 0.6) is 0 Å². The normalized spacial score (nSPS) is 26.9. The largest absolute Gasteiger partial charge is 0.436 e. The van der Waals surface area contributed by atoms with Crippen molar-refractivity contribution in [3.05, 3.63) is 11.8 Å². The van der Waals surface area contributed by atoms with E-state index in [0.29, 0.717) is 0 Å². The van der Waals surface area contributed by atoms with E-state index in [1.54, 1.807) is 0 Å². The second-order valence-electron chi connectivity index (χ2n) is 4.25. The first-order chi connectivity index (χ1) is 10.2. The maximum absolute atomic E-state index is 13.1. The summed E-state index contributed by atoms with van der Waals surface area (Å²) in [4.78, 5) is -3.73. The minimum absolute atomic E-state index is 3.73. The zero-order valence-electron chi connectivity index (χ0n) is 10.1. The second kappa shape index (κ2) is 4.77. The molecule has 0 N–H and O–H groups in total. The lowest BCUT2D eigenvalue weighted by atomic mass is 9.93. The molecule has 0 radical (unpaired) electrons. The van der Waals surface area contributed by atoms with Gasteiger partial charge in [-0.15, -0.1) is 0 Å². The van der Waals surface area contributed by atoms with Crippen LogP contribution in [0.3, 0.4) is 0 Å². The first-order valence-electron chi connectivity index (χ1n) is 5.01. The number of hydrogen-bond donors (Lipinski definition) is 0. The smallest absolute Gasteiger partial charge is 0.232 e. The molecule has 0 aromatic carbocycles. The Hall–Kier alpha value is -1.51. The molecule has 0 bridgehead atoms. The molecule has 0 aromatic heterocycles. The molecule has 16 heteroatoms. The first-order valence-corrected chi connectivity index (χ1v) is 5.01. The van der Waals surface area contributed by atoms with Crippen LogP contribution >= 0.6 is 0 Å². The van der Waals surface area contributed by atoms with Gasteiger partial charge in [-0.3, -0.25) is 0 Å². The van der Waals surface area contributed by atoms with Crippen LogP contribution in [0.4, 0.5) is 65.9 Å². The Morgan fingerprint density at radius 3 is 1.08 bits per heavy atom. The van der Waals surface area contributed by atoms with Gasteiger partial charge in [0.15, 0.2) is 5.70 Å². The van der Waals surface area contributed by atoms with Gasteiger partial charge in [-0.25, -0.2) is 4.90 Å². The Morgan fingerprint density at radius 2 is 0.875 bits per heavy atom. The number of rotatable bonds is 1. The van der Waals surface area contributed by atoms with Gasteiger partial charge in [0.25, 0.3) is 6.08 Å². The highest BCUT2D eigenvalue weighted by Crippen LogP contribution is 2.66. The van der Waals surface area contributed by atoms with Gasteiger partial charge in [-0.2, -0.15) is 65.9 Å². The number of hydrogen-bond acceptors (Lipinski definition) is 1. The molecule has 0 aliphatic carbocycles. The van der Waals surface area contributed by atoms with Crippen LogP contribution in [-0.2, 0) is 0 Å². The van der Waals surface area contributed by atoms with Crippen LogP contribution in [-0.4, -0.2) is 40.9 Å². The molecule has 0 unspecified atom stereocenters. The molecule has 0 atom stereocenters. The lowest BCUT2D eigenvalue weighted by molar-refractivity contribution is -0.503. The molecule has 1 heterocycles. The van der Waals surface area contributed by atoms with E-state index < -0.39 is 52.7 Å². The summed E-state index contributed by atoms with van der Waals surface area (Å²) < 4.78 is 190. The fourth-order valence-electron chi connectivity index (χ4n) is 1.63. The molecule has 1 aliphatic heterocycles. The van der Waals surface area contributed by atoms with E-state index in [4.69, 9.17) is 0 Å². The number of allylic oxidation sites excluding steroid dienone is 1. The Kier molecular flexibility index (Phi) is 4.08. The summed E-state index contributed by atoms with van der Waals surface area (Å²) in [5, 5.41) is 0. The summed E-state index contributed by atoms with van der Waals surface area (Å²) in [5.41, 5.74) is -4.62. The van der Waals surface area contributed by atoms with Crippen LogP contribution in [0.2, 0.25) is 0 Å². The molecule has 1 rings (SSSR count). The summed E-state index contributed by atoms with van der Waals surface area (Å²) in [5.74, 6) is -22.7. The molecule has 1 saturated heterocycles. The minimum Gasteiger partial charge on any atom is -0.232 e. The molecule has 0 aromatic rings. The van der Waals surface area contributed by atoms with E-state index in [2.05, 4.69) is 0 Å². The average molecular weight is 395 g/mol. The van der Waals surface area contributed by atoms with Gasteiger partial charge in [0, 0.05) is 0 Å². The van der Waals surface area contributed by atoms with E-state index in [0.717, 1.165) is 0 Å². The van der Waals surface area contributed by atoms with E-state index in [9.17, 15) is 65.9 Å². The van der Waals surface area contributed by atoms with Crippen molar-refractivity contribution in [1.29, 1.82) is 0 Å². The van der Waals surface area contributed by atoms with Crippen molar-refractivity contribution in [3.8, 4) is 0 Å². The van der Waals surface area contributed by atoms with Gasteiger partial charge in [-0.05, 0) is 0 Å². The molecule has 0 saturated carbocycles. The van der Waals surface area contributed by atoms with Gasteiger partial charge in [0.05, 0.1) is 0 Å². The number of piperidine rings is 1. The van der Waals surface area contributed by atoms with Crippen LogP contribution in [0.1, 0.15) is 0 Å². The SMILES string of the molecule is FC(F)=C(N1C(F)(F)C(F)(F)C(F)(F)C(F)(F)C1(F)F)C(F)(F)F. The number of alkyl halides is 13. The maximum Gasteiger partial charge on any atom is 0.436 e. The molecular weight excluding hydrogens is 395 g/mol. The maximum atomic E-state index is 13.1. The van der Waals surface area contributed by atoms with Crippen molar-refractivity contribution in [2.45, 2.75) is 36.0 Å². The van der Waals surface area contributed by atoms with Crippen LogP contribution < -0.4 is 0 Å². The summed E-state index contributed by atoms with van der Waals surface area (Å²) in [7, 11) is 0. The van der Waals surface area contributed by atoms with Gasteiger partial charge < -0.3 is 0 Å². The standard InChI is InChI=1S/C8F15N/c9-2(10)1(3(11,12)13)24-7(20,21)5(16,17)4(14,15)6(18,19)8(24,22)23. The quantitative estimate of drug-likeness (QED) is 0.443. The van der Waals surface area contributed by atoms with Gasteiger partial charge in [0.1, 0.15) is 0 Å². The molecule has 0 amide bonds. The summed E-state index contributed by atoms with van der Waals surface area (Å²) in [6.07, 6.45) is -11.6. The highest BCUT2D eigenvalue weighted by molar-refractivity contribution is 5.23. The molecule has 24 heavy (non-hydrogen) atoms. The third-order valence-corrected chi connectivity index (χ3v) is 2.78. The van der Waals surface area contributed by atoms with Crippen molar-refractivity contribution in [2.24, 2.45) is 0 Å². The van der Waals surface area contributed by atoms with Gasteiger partial charge >= 0.3 is 36.0 Å². The number of likely N-dealkylation sites (tertiary alicyclic amines) is 1. The molecule has 0 spiro atoms. The van der Waals surface area contributed by atoms with E-state index in [1.807, 2.05) is 0 Å². The Balaban J connectivity index is 3.94. The highest BCUT2D eigenvalue weighted by Gasteiger charge is 2.96. The minimum atomic E-state index is -7.58. The molecule has 1 aliphatic rings. The molecular formula is C8F15N. The summed E-state index contributed by atoms with van der Waals surface area (Å²) in [6.45, 7) is 0. The Bertz CT molecular complexity index is 520.